The van der Waals surface area contributed by atoms with Gasteiger partial charge in [-0.2, -0.15) is 0 Å². The molecule has 26 heavy (non-hydrogen) atoms. The van der Waals surface area contributed by atoms with E-state index in [4.69, 9.17) is 4.74 Å². The van der Waals surface area contributed by atoms with Crippen molar-refractivity contribution in [2.75, 3.05) is 46.0 Å². The number of nitrogens with zero attached hydrogens (tertiary/aromatic N) is 2. The zero-order valence-corrected chi connectivity index (χ0v) is 15.1. The first kappa shape index (κ1) is 18.8. The van der Waals surface area contributed by atoms with E-state index in [9.17, 15) is 14.7 Å². The van der Waals surface area contributed by atoms with Gasteiger partial charge < -0.3 is 20.1 Å². The number of aliphatic hydroxyl groups is 1. The largest absolute Gasteiger partial charge is 0.394 e. The predicted molar refractivity (Wildman–Crippen MR) is 96.6 cm³/mol. The van der Waals surface area contributed by atoms with E-state index in [0.717, 1.165) is 18.7 Å². The van der Waals surface area contributed by atoms with Gasteiger partial charge in [-0.1, -0.05) is 30.3 Å². The second-order valence-electron chi connectivity index (χ2n) is 6.87. The van der Waals surface area contributed by atoms with Crippen LogP contribution < -0.4 is 5.32 Å². The van der Waals surface area contributed by atoms with E-state index < -0.39 is 0 Å². The maximum Gasteiger partial charge on any atom is 0.234 e. The van der Waals surface area contributed by atoms with Crippen LogP contribution in [0.3, 0.4) is 0 Å². The SMILES string of the molecule is CC(=O)N1[C@H](CNC(=O)CN2CCOCC2)[C@H](c2ccccc2)[C@@H]1CO. The van der Waals surface area contributed by atoms with Crippen LogP contribution in [0.2, 0.25) is 0 Å². The molecule has 0 spiro atoms. The molecular weight excluding hydrogens is 334 g/mol. The molecule has 0 saturated carbocycles. The second kappa shape index (κ2) is 8.62. The van der Waals surface area contributed by atoms with E-state index in [-0.39, 0.29) is 36.4 Å². The van der Waals surface area contributed by atoms with Crippen LogP contribution in [0, 0.1) is 0 Å². The van der Waals surface area contributed by atoms with Crippen molar-refractivity contribution in [3.63, 3.8) is 0 Å². The molecule has 0 bridgehead atoms. The van der Waals surface area contributed by atoms with Crippen molar-refractivity contribution >= 4 is 11.8 Å². The maximum atomic E-state index is 12.3. The molecule has 142 valence electrons. The molecule has 2 saturated heterocycles. The number of morpholine rings is 1. The lowest BCUT2D eigenvalue weighted by Crippen LogP contribution is -2.68. The van der Waals surface area contributed by atoms with Crippen LogP contribution in [-0.2, 0) is 14.3 Å². The first-order chi connectivity index (χ1) is 12.6. The Bertz CT molecular complexity index is 618. The number of aliphatic hydroxyl groups excluding tert-OH is 1. The number of benzene rings is 1. The first-order valence-electron chi connectivity index (χ1n) is 9.13. The minimum absolute atomic E-state index is 0.0220. The van der Waals surface area contributed by atoms with Crippen LogP contribution in [0.15, 0.2) is 30.3 Å². The first-order valence-corrected chi connectivity index (χ1v) is 9.13. The molecule has 2 fully saturated rings. The number of amides is 2. The zero-order chi connectivity index (χ0) is 18.5. The molecule has 0 aliphatic carbocycles. The molecule has 2 aliphatic rings. The monoisotopic (exact) mass is 361 g/mol. The summed E-state index contributed by atoms with van der Waals surface area (Å²) in [6.07, 6.45) is 0. The average molecular weight is 361 g/mol. The molecule has 0 radical (unpaired) electrons. The molecule has 0 aromatic heterocycles. The lowest BCUT2D eigenvalue weighted by Gasteiger charge is -2.54. The van der Waals surface area contributed by atoms with Gasteiger partial charge in [0.25, 0.3) is 0 Å². The maximum absolute atomic E-state index is 12.3. The number of nitrogens with one attached hydrogen (secondary N) is 1. The van der Waals surface area contributed by atoms with Crippen molar-refractivity contribution in [3.05, 3.63) is 35.9 Å². The molecule has 0 unspecified atom stereocenters. The highest BCUT2D eigenvalue weighted by atomic mass is 16.5. The minimum atomic E-state index is -0.240. The third kappa shape index (κ3) is 4.06. The van der Waals surface area contributed by atoms with Crippen molar-refractivity contribution in [2.45, 2.75) is 24.9 Å². The van der Waals surface area contributed by atoms with Gasteiger partial charge in [0.15, 0.2) is 0 Å². The minimum Gasteiger partial charge on any atom is -0.394 e. The van der Waals surface area contributed by atoms with Gasteiger partial charge in [0.05, 0.1) is 38.4 Å². The number of hydrogen-bond donors (Lipinski definition) is 2. The summed E-state index contributed by atoms with van der Waals surface area (Å²) in [5.74, 6) is -0.105. The Balaban J connectivity index is 1.62. The van der Waals surface area contributed by atoms with Gasteiger partial charge >= 0.3 is 0 Å². The molecule has 2 N–H and O–H groups in total. The highest BCUT2D eigenvalue weighted by Gasteiger charge is 2.49. The third-order valence-corrected chi connectivity index (χ3v) is 5.26. The third-order valence-electron chi connectivity index (χ3n) is 5.26. The van der Waals surface area contributed by atoms with E-state index >= 15 is 0 Å². The fourth-order valence-corrected chi connectivity index (χ4v) is 4.00. The smallest absolute Gasteiger partial charge is 0.234 e. The fraction of sp³-hybridized carbons (Fsp3) is 0.579. The van der Waals surface area contributed by atoms with Gasteiger partial charge in [0, 0.05) is 32.5 Å². The quantitative estimate of drug-likeness (QED) is 0.734. The van der Waals surface area contributed by atoms with Gasteiger partial charge in [-0.25, -0.2) is 0 Å². The van der Waals surface area contributed by atoms with E-state index in [2.05, 4.69) is 10.2 Å². The molecule has 2 heterocycles. The highest BCUT2D eigenvalue weighted by Crippen LogP contribution is 2.40. The molecule has 1 aromatic carbocycles. The molecular formula is C19H27N3O4. The Labute approximate surface area is 153 Å². The number of carbonyl (C=O) groups excluding carboxylic acids is 2. The Morgan fingerprint density at radius 2 is 1.88 bits per heavy atom. The fourth-order valence-electron chi connectivity index (χ4n) is 4.00. The second-order valence-corrected chi connectivity index (χ2v) is 6.87. The number of rotatable bonds is 6. The molecule has 7 nitrogen and oxygen atoms in total. The summed E-state index contributed by atoms with van der Waals surface area (Å²) in [7, 11) is 0. The van der Waals surface area contributed by atoms with Gasteiger partial charge in [-0.3, -0.25) is 14.5 Å². The molecule has 7 heteroatoms. The van der Waals surface area contributed by atoms with E-state index in [1.165, 1.54) is 6.92 Å². The van der Waals surface area contributed by atoms with Crippen LogP contribution in [0.25, 0.3) is 0 Å². The average Bonchev–Trinajstić information content (AvgIpc) is 2.62. The summed E-state index contributed by atoms with van der Waals surface area (Å²) in [6.45, 7) is 4.98. The number of hydrogen-bond acceptors (Lipinski definition) is 5. The van der Waals surface area contributed by atoms with Crippen LogP contribution in [0.5, 0.6) is 0 Å². The Morgan fingerprint density at radius 1 is 1.19 bits per heavy atom. The highest BCUT2D eigenvalue weighted by molar-refractivity contribution is 5.79. The predicted octanol–water partition coefficient (Wildman–Crippen LogP) is -0.190. The van der Waals surface area contributed by atoms with Crippen LogP contribution in [-0.4, -0.2) is 84.8 Å². The van der Waals surface area contributed by atoms with Crippen LogP contribution >= 0.6 is 0 Å². The van der Waals surface area contributed by atoms with Crippen molar-refractivity contribution < 1.29 is 19.4 Å². The number of carbonyl (C=O) groups is 2. The summed E-state index contributed by atoms with van der Waals surface area (Å²) >= 11 is 0. The van der Waals surface area contributed by atoms with Gasteiger partial charge in [0.2, 0.25) is 11.8 Å². The van der Waals surface area contributed by atoms with Crippen LogP contribution in [0.4, 0.5) is 0 Å². The van der Waals surface area contributed by atoms with E-state index in [1.54, 1.807) is 4.90 Å². The van der Waals surface area contributed by atoms with E-state index in [0.29, 0.717) is 26.3 Å². The molecule has 1 aromatic rings. The Kier molecular flexibility index (Phi) is 6.24. The number of ether oxygens (including phenoxy) is 1. The summed E-state index contributed by atoms with van der Waals surface area (Å²) < 4.78 is 5.29. The lowest BCUT2D eigenvalue weighted by molar-refractivity contribution is -0.148. The van der Waals surface area contributed by atoms with Crippen LogP contribution in [0.1, 0.15) is 18.4 Å². The van der Waals surface area contributed by atoms with Crippen molar-refractivity contribution in [3.8, 4) is 0 Å². The molecule has 3 atom stereocenters. The van der Waals surface area contributed by atoms with E-state index in [1.807, 2.05) is 30.3 Å². The van der Waals surface area contributed by atoms with Crippen molar-refractivity contribution in [2.24, 2.45) is 0 Å². The standard InChI is InChI=1S/C19H27N3O4/c1-14(24)22-16(11-20-18(25)12-21-7-9-26-10-8-21)19(17(22)13-23)15-5-3-2-4-6-15/h2-6,16-17,19,23H,7-13H2,1H3,(H,20,25)/t16-,17+,19+/m1/s1. The lowest BCUT2D eigenvalue weighted by atomic mass is 9.75. The number of likely N-dealkylation sites (tertiary alicyclic amines) is 1. The van der Waals surface area contributed by atoms with Crippen molar-refractivity contribution in [1.82, 2.24) is 15.1 Å². The van der Waals surface area contributed by atoms with Gasteiger partial charge in [-0.05, 0) is 5.56 Å². The Hall–Kier alpha value is -1.96. The summed E-state index contributed by atoms with van der Waals surface area (Å²) in [5, 5.41) is 12.7. The zero-order valence-electron chi connectivity index (χ0n) is 15.1. The summed E-state index contributed by atoms with van der Waals surface area (Å²) in [5.41, 5.74) is 1.08. The van der Waals surface area contributed by atoms with Gasteiger partial charge in [0.1, 0.15) is 0 Å². The normalized spacial score (nSPS) is 26.2. The molecule has 2 aliphatic heterocycles. The summed E-state index contributed by atoms with van der Waals surface area (Å²) in [4.78, 5) is 28.1. The Morgan fingerprint density at radius 3 is 2.50 bits per heavy atom. The van der Waals surface area contributed by atoms with Crippen molar-refractivity contribution in [1.29, 1.82) is 0 Å². The summed E-state index contributed by atoms with van der Waals surface area (Å²) in [6, 6.07) is 9.48. The molecule has 2 amide bonds. The van der Waals surface area contributed by atoms with Gasteiger partial charge in [-0.15, -0.1) is 0 Å². The topological polar surface area (TPSA) is 82.1 Å². The molecule has 3 rings (SSSR count).